The lowest BCUT2D eigenvalue weighted by molar-refractivity contribution is -0.137. The molecule has 0 N–H and O–H groups in total. The van der Waals surface area contributed by atoms with Crippen LogP contribution >= 0.6 is 0 Å². The summed E-state index contributed by atoms with van der Waals surface area (Å²) in [5.74, 6) is -1.01. The number of rotatable bonds is 3. The van der Waals surface area contributed by atoms with Gasteiger partial charge in [0.1, 0.15) is 5.52 Å². The minimum Gasteiger partial charge on any atom is -0.460 e. The Labute approximate surface area is 97.4 Å². The number of Topliss-reactive ketones (excluding diaryl/α,β-unsaturated/α-hetero) is 1. The van der Waals surface area contributed by atoms with Gasteiger partial charge in [-0.3, -0.25) is 4.79 Å². The van der Waals surface area contributed by atoms with Crippen LogP contribution in [-0.2, 0) is 9.53 Å². The molecule has 17 heavy (non-hydrogen) atoms. The molecule has 1 aromatic carbocycles. The second-order valence-electron chi connectivity index (χ2n) is 3.46. The average molecular weight is 233 g/mol. The van der Waals surface area contributed by atoms with E-state index in [1.807, 2.05) is 0 Å². The maximum atomic E-state index is 11.7. The molecule has 2 aromatic rings. The van der Waals surface area contributed by atoms with Gasteiger partial charge in [-0.15, -0.1) is 0 Å². The van der Waals surface area contributed by atoms with E-state index in [1.165, 1.54) is 12.1 Å². The van der Waals surface area contributed by atoms with Crippen LogP contribution in [0.25, 0.3) is 11.1 Å². The van der Waals surface area contributed by atoms with E-state index in [2.05, 4.69) is 9.72 Å². The van der Waals surface area contributed by atoms with Crippen molar-refractivity contribution in [3.63, 3.8) is 0 Å². The zero-order chi connectivity index (χ0) is 12.4. The standard InChI is InChI=1S/C12H11NO4/c1-3-16-12(15)11(14)8-4-5-10-9(6-8)13-7(2)17-10/h4-6H,3H2,1-2H3. The van der Waals surface area contributed by atoms with E-state index in [4.69, 9.17) is 4.42 Å². The van der Waals surface area contributed by atoms with Crippen LogP contribution in [0.2, 0.25) is 0 Å². The predicted octanol–water partition coefficient (Wildman–Crippen LogP) is 1.88. The molecule has 0 aliphatic carbocycles. The molecule has 88 valence electrons. The number of ether oxygens (including phenoxy) is 1. The van der Waals surface area contributed by atoms with Gasteiger partial charge in [-0.25, -0.2) is 9.78 Å². The Morgan fingerprint density at radius 2 is 2.18 bits per heavy atom. The second-order valence-corrected chi connectivity index (χ2v) is 3.46. The number of aryl methyl sites for hydroxylation is 1. The number of hydrogen-bond donors (Lipinski definition) is 0. The molecule has 0 fully saturated rings. The number of carbonyl (C=O) groups is 2. The van der Waals surface area contributed by atoms with Crippen LogP contribution < -0.4 is 0 Å². The number of aromatic nitrogens is 1. The van der Waals surface area contributed by atoms with Gasteiger partial charge >= 0.3 is 5.97 Å². The number of oxazole rings is 1. The van der Waals surface area contributed by atoms with Crippen molar-refractivity contribution in [2.24, 2.45) is 0 Å². The number of hydrogen-bond acceptors (Lipinski definition) is 5. The van der Waals surface area contributed by atoms with Crippen molar-refractivity contribution < 1.29 is 18.7 Å². The maximum Gasteiger partial charge on any atom is 0.379 e. The zero-order valence-electron chi connectivity index (χ0n) is 9.52. The van der Waals surface area contributed by atoms with Gasteiger partial charge < -0.3 is 9.15 Å². The minimum absolute atomic E-state index is 0.176. The first-order valence-electron chi connectivity index (χ1n) is 5.20. The second kappa shape index (κ2) is 4.37. The third-order valence-corrected chi connectivity index (χ3v) is 2.22. The Kier molecular flexibility index (Phi) is 2.91. The molecule has 0 bridgehead atoms. The Morgan fingerprint density at radius 3 is 2.88 bits per heavy atom. The lowest BCUT2D eigenvalue weighted by Crippen LogP contribution is -2.17. The first-order chi connectivity index (χ1) is 8.11. The summed E-state index contributed by atoms with van der Waals surface area (Å²) >= 11 is 0. The molecule has 2 rings (SSSR count). The third-order valence-electron chi connectivity index (χ3n) is 2.22. The van der Waals surface area contributed by atoms with Gasteiger partial charge in [0.05, 0.1) is 6.61 Å². The summed E-state index contributed by atoms with van der Waals surface area (Å²) < 4.78 is 9.92. The molecule has 0 atom stereocenters. The van der Waals surface area contributed by atoms with E-state index in [9.17, 15) is 9.59 Å². The van der Waals surface area contributed by atoms with Gasteiger partial charge in [0.15, 0.2) is 11.5 Å². The molecule has 5 heteroatoms. The van der Waals surface area contributed by atoms with E-state index in [0.717, 1.165) is 0 Å². The van der Waals surface area contributed by atoms with Gasteiger partial charge in [0.2, 0.25) is 0 Å². The number of nitrogens with zero attached hydrogens (tertiary/aromatic N) is 1. The fourth-order valence-electron chi connectivity index (χ4n) is 1.50. The van der Waals surface area contributed by atoms with Crippen molar-refractivity contribution in [2.45, 2.75) is 13.8 Å². The first-order valence-corrected chi connectivity index (χ1v) is 5.20. The highest BCUT2D eigenvalue weighted by Gasteiger charge is 2.18. The molecule has 0 aliphatic heterocycles. The lowest BCUT2D eigenvalue weighted by Gasteiger charge is -2.00. The summed E-state index contributed by atoms with van der Waals surface area (Å²) in [5.41, 5.74) is 1.39. The van der Waals surface area contributed by atoms with Crippen molar-refractivity contribution in [1.29, 1.82) is 0 Å². The molecule has 0 saturated heterocycles. The molecule has 5 nitrogen and oxygen atoms in total. The quantitative estimate of drug-likeness (QED) is 0.460. The van der Waals surface area contributed by atoms with Gasteiger partial charge in [-0.05, 0) is 25.1 Å². The largest absolute Gasteiger partial charge is 0.460 e. The zero-order valence-corrected chi connectivity index (χ0v) is 9.52. The third kappa shape index (κ3) is 2.18. The topological polar surface area (TPSA) is 69.4 Å². The molecule has 0 aliphatic rings. The van der Waals surface area contributed by atoms with E-state index in [0.29, 0.717) is 17.0 Å². The monoisotopic (exact) mass is 233 g/mol. The van der Waals surface area contributed by atoms with Crippen LogP contribution in [0.4, 0.5) is 0 Å². The lowest BCUT2D eigenvalue weighted by atomic mass is 10.1. The van der Waals surface area contributed by atoms with E-state index < -0.39 is 11.8 Å². The van der Waals surface area contributed by atoms with Crippen LogP contribution in [0.5, 0.6) is 0 Å². The predicted molar refractivity (Wildman–Crippen MR) is 59.7 cm³/mol. The summed E-state index contributed by atoms with van der Waals surface area (Å²) in [4.78, 5) is 27.0. The molecule has 0 amide bonds. The summed E-state index contributed by atoms with van der Waals surface area (Å²) in [6, 6.07) is 4.65. The molecule has 1 heterocycles. The molecule has 0 spiro atoms. The Morgan fingerprint density at radius 1 is 1.41 bits per heavy atom. The molecular weight excluding hydrogens is 222 g/mol. The maximum absolute atomic E-state index is 11.7. The van der Waals surface area contributed by atoms with Crippen molar-refractivity contribution in [1.82, 2.24) is 4.98 Å². The normalized spacial score (nSPS) is 10.5. The fourth-order valence-corrected chi connectivity index (χ4v) is 1.50. The fraction of sp³-hybridized carbons (Fsp3) is 0.250. The molecule has 0 saturated carbocycles. The highest BCUT2D eigenvalue weighted by Crippen LogP contribution is 2.17. The first kappa shape index (κ1) is 11.3. The number of esters is 1. The molecule has 1 aromatic heterocycles. The van der Waals surface area contributed by atoms with Gasteiger partial charge in [-0.2, -0.15) is 0 Å². The average Bonchev–Trinajstić information content (AvgIpc) is 2.67. The number of fused-ring (bicyclic) bond motifs is 1. The van der Waals surface area contributed by atoms with E-state index in [-0.39, 0.29) is 12.2 Å². The molecule has 0 unspecified atom stereocenters. The Hall–Kier alpha value is -2.17. The Balaban J connectivity index is 2.35. The molecule has 0 radical (unpaired) electrons. The highest BCUT2D eigenvalue weighted by molar-refractivity contribution is 6.40. The van der Waals surface area contributed by atoms with Gasteiger partial charge in [0, 0.05) is 12.5 Å². The van der Waals surface area contributed by atoms with E-state index >= 15 is 0 Å². The highest BCUT2D eigenvalue weighted by atomic mass is 16.5. The summed E-state index contributed by atoms with van der Waals surface area (Å²) in [7, 11) is 0. The van der Waals surface area contributed by atoms with Crippen molar-refractivity contribution in [3.05, 3.63) is 29.7 Å². The van der Waals surface area contributed by atoms with Crippen LogP contribution in [0, 0.1) is 6.92 Å². The van der Waals surface area contributed by atoms with Crippen LogP contribution in [0.3, 0.4) is 0 Å². The number of ketones is 1. The van der Waals surface area contributed by atoms with Crippen LogP contribution in [0.1, 0.15) is 23.2 Å². The van der Waals surface area contributed by atoms with Crippen molar-refractivity contribution in [2.75, 3.05) is 6.61 Å². The summed E-state index contributed by atoms with van der Waals surface area (Å²) in [6.45, 7) is 3.54. The van der Waals surface area contributed by atoms with Crippen LogP contribution in [0.15, 0.2) is 22.6 Å². The van der Waals surface area contributed by atoms with Crippen molar-refractivity contribution in [3.8, 4) is 0 Å². The smallest absolute Gasteiger partial charge is 0.379 e. The molecular formula is C12H11NO4. The van der Waals surface area contributed by atoms with E-state index in [1.54, 1.807) is 19.9 Å². The van der Waals surface area contributed by atoms with Gasteiger partial charge in [-0.1, -0.05) is 0 Å². The minimum atomic E-state index is -0.855. The Bertz CT molecular complexity index is 585. The summed E-state index contributed by atoms with van der Waals surface area (Å²) in [5, 5.41) is 0. The number of carbonyl (C=O) groups excluding carboxylic acids is 2. The van der Waals surface area contributed by atoms with Crippen LogP contribution in [-0.4, -0.2) is 23.3 Å². The van der Waals surface area contributed by atoms with Crippen molar-refractivity contribution >= 4 is 22.9 Å². The van der Waals surface area contributed by atoms with Gasteiger partial charge in [0.25, 0.3) is 5.78 Å². The SMILES string of the molecule is CCOC(=O)C(=O)c1ccc2oc(C)nc2c1. The summed E-state index contributed by atoms with van der Waals surface area (Å²) in [6.07, 6.45) is 0. The number of benzene rings is 1.